The average molecular weight is 249 g/mol. The Bertz CT molecular complexity index is 310. The summed E-state index contributed by atoms with van der Waals surface area (Å²) in [7, 11) is 0. The second-order valence-electron chi connectivity index (χ2n) is 2.62. The van der Waals surface area contributed by atoms with Crippen LogP contribution in [0.1, 0.15) is 4.88 Å². The van der Waals surface area contributed by atoms with Crippen molar-refractivity contribution in [3.63, 3.8) is 0 Å². The maximum atomic E-state index is 12.2. The molecule has 0 bridgehead atoms. The first-order chi connectivity index (χ1) is 6.61. The molecular formula is C7H3F6OS. The highest BCUT2D eigenvalue weighted by Gasteiger charge is 2.72. The van der Waals surface area contributed by atoms with E-state index in [4.69, 9.17) is 5.11 Å². The molecule has 85 valence electrons. The predicted molar refractivity (Wildman–Crippen MR) is 39.2 cm³/mol. The Morgan fingerprint density at radius 1 is 1.07 bits per heavy atom. The molecule has 1 nitrogen and oxygen atoms in total. The van der Waals surface area contributed by atoms with E-state index in [0.717, 1.165) is 5.38 Å². The van der Waals surface area contributed by atoms with Gasteiger partial charge in [-0.3, -0.25) is 0 Å². The predicted octanol–water partition coefficient (Wildman–Crippen LogP) is 2.86. The van der Waals surface area contributed by atoms with E-state index in [-0.39, 0.29) is 11.3 Å². The van der Waals surface area contributed by atoms with Gasteiger partial charge in [0, 0.05) is 0 Å². The zero-order valence-electron chi connectivity index (χ0n) is 6.78. The molecule has 0 atom stereocenters. The highest BCUT2D eigenvalue weighted by molar-refractivity contribution is 7.10. The van der Waals surface area contributed by atoms with E-state index in [0.29, 0.717) is 6.07 Å². The molecule has 1 radical (unpaired) electrons. The van der Waals surface area contributed by atoms with Gasteiger partial charge in [0.1, 0.15) is 0 Å². The molecule has 0 amide bonds. The van der Waals surface area contributed by atoms with Gasteiger partial charge in [-0.2, -0.15) is 26.3 Å². The van der Waals surface area contributed by atoms with Gasteiger partial charge < -0.3 is 5.11 Å². The fourth-order valence-corrected chi connectivity index (χ4v) is 1.67. The highest BCUT2D eigenvalue weighted by atomic mass is 32.1. The van der Waals surface area contributed by atoms with Gasteiger partial charge in [-0.15, -0.1) is 11.3 Å². The largest absolute Gasteiger partial charge is 0.431 e. The molecule has 1 rings (SSSR count). The van der Waals surface area contributed by atoms with Crippen molar-refractivity contribution in [3.05, 3.63) is 22.4 Å². The summed E-state index contributed by atoms with van der Waals surface area (Å²) in [5.41, 5.74) is -4.81. The Hall–Kier alpha value is -0.760. The first kappa shape index (κ1) is 12.3. The quantitative estimate of drug-likeness (QED) is 0.759. The summed E-state index contributed by atoms with van der Waals surface area (Å²) < 4.78 is 73.1. The molecule has 0 aliphatic heterocycles. The molecule has 1 aromatic heterocycles. The van der Waals surface area contributed by atoms with Gasteiger partial charge in [-0.1, -0.05) is 0 Å². The molecule has 0 saturated carbocycles. The van der Waals surface area contributed by atoms with Crippen molar-refractivity contribution in [1.29, 1.82) is 0 Å². The van der Waals surface area contributed by atoms with E-state index >= 15 is 0 Å². The Balaban J connectivity index is 3.33. The average Bonchev–Trinajstić information content (AvgIpc) is 2.49. The second-order valence-corrected chi connectivity index (χ2v) is 3.53. The van der Waals surface area contributed by atoms with E-state index in [1.165, 1.54) is 0 Å². The van der Waals surface area contributed by atoms with Crippen LogP contribution in [0.3, 0.4) is 0 Å². The molecule has 0 aliphatic rings. The third-order valence-electron chi connectivity index (χ3n) is 1.65. The number of aliphatic hydroxyl groups is 1. The number of rotatable bonds is 1. The molecule has 8 heteroatoms. The van der Waals surface area contributed by atoms with Crippen LogP contribution in [-0.4, -0.2) is 17.5 Å². The lowest BCUT2D eigenvalue weighted by Gasteiger charge is -2.31. The van der Waals surface area contributed by atoms with Gasteiger partial charge >= 0.3 is 12.4 Å². The van der Waals surface area contributed by atoms with Crippen molar-refractivity contribution in [1.82, 2.24) is 0 Å². The van der Waals surface area contributed by atoms with E-state index in [1.54, 1.807) is 0 Å². The van der Waals surface area contributed by atoms with E-state index in [9.17, 15) is 26.3 Å². The van der Waals surface area contributed by atoms with Gasteiger partial charge in [0.05, 0.1) is 4.88 Å². The van der Waals surface area contributed by atoms with Crippen LogP contribution < -0.4 is 0 Å². The van der Waals surface area contributed by atoms with E-state index < -0.39 is 22.8 Å². The van der Waals surface area contributed by atoms with Gasteiger partial charge in [0.25, 0.3) is 5.60 Å². The van der Waals surface area contributed by atoms with Gasteiger partial charge in [0.15, 0.2) is 0 Å². The minimum atomic E-state index is -5.82. The van der Waals surface area contributed by atoms with Crippen LogP contribution in [0.5, 0.6) is 0 Å². The monoisotopic (exact) mass is 249 g/mol. The Morgan fingerprint density at radius 3 is 1.80 bits per heavy atom. The lowest BCUT2D eigenvalue weighted by molar-refractivity contribution is -0.374. The first-order valence-corrected chi connectivity index (χ1v) is 4.29. The Kier molecular flexibility index (Phi) is 2.77. The van der Waals surface area contributed by atoms with Crippen molar-refractivity contribution in [2.45, 2.75) is 18.0 Å². The summed E-state index contributed by atoms with van der Waals surface area (Å²) in [6.07, 6.45) is -11.6. The summed E-state index contributed by atoms with van der Waals surface area (Å²) in [4.78, 5) is -1.25. The zero-order chi connectivity index (χ0) is 11.9. The molecule has 1 heterocycles. The summed E-state index contributed by atoms with van der Waals surface area (Å²) in [6, 6.07) is 2.50. The minimum absolute atomic E-state index is 0.138. The Morgan fingerprint density at radius 2 is 1.53 bits per heavy atom. The first-order valence-electron chi connectivity index (χ1n) is 3.41. The standard InChI is InChI=1S/C7H3F6OS/c8-6(9,10)5(14,7(11,12)13)4-2-1-3-15-4/h2-3,14H. The number of hydrogen-bond acceptors (Lipinski definition) is 2. The van der Waals surface area contributed by atoms with Crippen molar-refractivity contribution >= 4 is 11.3 Å². The molecule has 0 fully saturated rings. The molecular weight excluding hydrogens is 246 g/mol. The third kappa shape index (κ3) is 1.83. The minimum Gasteiger partial charge on any atom is -0.369 e. The van der Waals surface area contributed by atoms with Crippen LogP contribution in [0.4, 0.5) is 26.3 Å². The lowest BCUT2D eigenvalue weighted by atomic mass is 10.0. The number of alkyl halides is 6. The van der Waals surface area contributed by atoms with Gasteiger partial charge in [-0.25, -0.2) is 0 Å². The van der Waals surface area contributed by atoms with Crippen molar-refractivity contribution in [2.24, 2.45) is 0 Å². The van der Waals surface area contributed by atoms with Crippen LogP contribution in [0.2, 0.25) is 0 Å². The van der Waals surface area contributed by atoms with Crippen LogP contribution >= 0.6 is 11.3 Å². The van der Waals surface area contributed by atoms with E-state index in [2.05, 4.69) is 0 Å². The van der Waals surface area contributed by atoms with Crippen LogP contribution in [0.15, 0.2) is 11.4 Å². The lowest BCUT2D eigenvalue weighted by Crippen LogP contribution is -2.53. The SMILES string of the molecule is OC(c1c[c]cs1)(C(F)(F)F)C(F)(F)F. The maximum Gasteiger partial charge on any atom is 0.431 e. The summed E-state index contributed by atoms with van der Waals surface area (Å²) in [6.45, 7) is 0. The number of thiophene rings is 1. The van der Waals surface area contributed by atoms with Crippen LogP contribution in [0.25, 0.3) is 0 Å². The second kappa shape index (κ2) is 3.38. The third-order valence-corrected chi connectivity index (χ3v) is 2.57. The number of halogens is 6. The summed E-state index contributed by atoms with van der Waals surface area (Å²) in [5, 5.41) is 9.69. The molecule has 0 saturated heterocycles. The molecule has 0 spiro atoms. The van der Waals surface area contributed by atoms with Gasteiger partial charge in [-0.05, 0) is 17.5 Å². The van der Waals surface area contributed by atoms with Crippen molar-refractivity contribution < 1.29 is 31.4 Å². The smallest absolute Gasteiger partial charge is 0.369 e. The molecule has 0 unspecified atom stereocenters. The Labute approximate surface area is 84.0 Å². The topological polar surface area (TPSA) is 20.2 Å². The molecule has 0 aromatic carbocycles. The summed E-state index contributed by atoms with van der Waals surface area (Å²) >= 11 is 0.138. The van der Waals surface area contributed by atoms with Crippen LogP contribution in [-0.2, 0) is 5.60 Å². The fourth-order valence-electron chi connectivity index (χ4n) is 0.871. The van der Waals surface area contributed by atoms with E-state index in [1.807, 2.05) is 6.07 Å². The molecule has 1 N–H and O–H groups in total. The highest BCUT2D eigenvalue weighted by Crippen LogP contribution is 2.51. The summed E-state index contributed by atoms with van der Waals surface area (Å²) in [5.74, 6) is 0. The van der Waals surface area contributed by atoms with Crippen molar-refractivity contribution in [3.8, 4) is 0 Å². The van der Waals surface area contributed by atoms with Crippen molar-refractivity contribution in [2.75, 3.05) is 0 Å². The molecule has 1 aromatic rings. The normalized spacial score (nSPS) is 14.3. The van der Waals surface area contributed by atoms with Crippen LogP contribution in [0, 0.1) is 6.07 Å². The fraction of sp³-hybridized carbons (Fsp3) is 0.429. The number of hydrogen-bond donors (Lipinski definition) is 1. The maximum absolute atomic E-state index is 12.2. The molecule has 15 heavy (non-hydrogen) atoms. The molecule has 0 aliphatic carbocycles. The zero-order valence-corrected chi connectivity index (χ0v) is 7.59. The van der Waals surface area contributed by atoms with Gasteiger partial charge in [0.2, 0.25) is 0 Å².